The van der Waals surface area contributed by atoms with Crippen LogP contribution >= 0.6 is 0 Å². The summed E-state index contributed by atoms with van der Waals surface area (Å²) in [6.07, 6.45) is 4.90. The zero-order valence-corrected chi connectivity index (χ0v) is 11.3. The molecule has 0 bridgehead atoms. The Balaban J connectivity index is 2.20. The normalized spacial score (nSPS) is 17.2. The maximum Gasteiger partial charge on any atom is 0.416 e. The summed E-state index contributed by atoms with van der Waals surface area (Å²) in [5, 5.41) is 0. The number of anilines is 1. The van der Waals surface area contributed by atoms with Gasteiger partial charge in [-0.3, -0.25) is 0 Å². The number of rotatable bonds is 4. The van der Waals surface area contributed by atoms with Crippen molar-refractivity contribution in [1.82, 2.24) is 0 Å². The first-order valence-corrected chi connectivity index (χ1v) is 6.54. The maximum atomic E-state index is 12.2. The molecule has 0 radical (unpaired) electrons. The van der Waals surface area contributed by atoms with E-state index in [1.807, 2.05) is 36.4 Å². The molecule has 0 aliphatic carbocycles. The molecule has 102 valence electrons. The fraction of sp³-hybridized carbons (Fsp3) is 0.400. The Morgan fingerprint density at radius 1 is 1.37 bits per heavy atom. The number of carbonyl (C=O) groups is 1. The third-order valence-electron chi connectivity index (χ3n) is 3.05. The Hall–Kier alpha value is -1.81. The fourth-order valence-electron chi connectivity index (χ4n) is 2.02. The summed E-state index contributed by atoms with van der Waals surface area (Å²) in [6.45, 7) is 2.50. The van der Waals surface area contributed by atoms with E-state index in [4.69, 9.17) is 9.47 Å². The van der Waals surface area contributed by atoms with Crippen LogP contribution in [-0.2, 0) is 9.47 Å². The van der Waals surface area contributed by atoms with Crippen molar-refractivity contribution in [1.29, 1.82) is 0 Å². The standard InChI is InChI=1S/C15H19NO3/c1-3-4-11-19-15(17)16-13-8-6-5-7-12(13)9-10-14(16)18-2/h5-10,14H,3-4,11H2,1-2H3. The molecule has 0 saturated carbocycles. The first kappa shape index (κ1) is 13.6. The van der Waals surface area contributed by atoms with Gasteiger partial charge in [-0.25, -0.2) is 9.69 Å². The SMILES string of the molecule is CCCCOC(=O)N1c2ccccc2C=CC1OC. The summed E-state index contributed by atoms with van der Waals surface area (Å²) >= 11 is 0. The summed E-state index contributed by atoms with van der Waals surface area (Å²) in [4.78, 5) is 13.7. The zero-order valence-electron chi connectivity index (χ0n) is 11.3. The monoisotopic (exact) mass is 261 g/mol. The molecule has 0 spiro atoms. The minimum Gasteiger partial charge on any atom is -0.449 e. The molecule has 1 amide bonds. The molecule has 19 heavy (non-hydrogen) atoms. The molecular weight excluding hydrogens is 242 g/mol. The minimum absolute atomic E-state index is 0.364. The number of amides is 1. The third kappa shape index (κ3) is 2.96. The number of carbonyl (C=O) groups excluding carboxylic acids is 1. The van der Waals surface area contributed by atoms with Gasteiger partial charge < -0.3 is 9.47 Å². The lowest BCUT2D eigenvalue weighted by molar-refractivity contribution is 0.109. The Morgan fingerprint density at radius 2 is 2.16 bits per heavy atom. The highest BCUT2D eigenvalue weighted by Gasteiger charge is 2.28. The number of benzene rings is 1. The highest BCUT2D eigenvalue weighted by atomic mass is 16.6. The summed E-state index contributed by atoms with van der Waals surface area (Å²) < 4.78 is 10.6. The number of ether oxygens (including phenoxy) is 2. The molecule has 2 rings (SSSR count). The molecule has 4 heteroatoms. The smallest absolute Gasteiger partial charge is 0.416 e. The van der Waals surface area contributed by atoms with Crippen molar-refractivity contribution >= 4 is 17.9 Å². The topological polar surface area (TPSA) is 38.8 Å². The second-order valence-electron chi connectivity index (χ2n) is 4.38. The lowest BCUT2D eigenvalue weighted by atomic mass is 10.1. The molecule has 0 saturated heterocycles. The van der Waals surface area contributed by atoms with Crippen molar-refractivity contribution < 1.29 is 14.3 Å². The van der Waals surface area contributed by atoms with Crippen LogP contribution in [0.3, 0.4) is 0 Å². The summed E-state index contributed by atoms with van der Waals surface area (Å²) in [6, 6.07) is 7.70. The second kappa shape index (κ2) is 6.38. The second-order valence-corrected chi connectivity index (χ2v) is 4.38. The highest BCUT2D eigenvalue weighted by molar-refractivity contribution is 5.93. The lowest BCUT2D eigenvalue weighted by Gasteiger charge is -2.31. The van der Waals surface area contributed by atoms with Gasteiger partial charge in [-0.05, 0) is 24.1 Å². The number of hydrogen-bond donors (Lipinski definition) is 0. The van der Waals surface area contributed by atoms with Crippen LogP contribution in [0.4, 0.5) is 10.5 Å². The van der Waals surface area contributed by atoms with Crippen LogP contribution in [0.1, 0.15) is 25.3 Å². The van der Waals surface area contributed by atoms with Crippen LogP contribution in [0.2, 0.25) is 0 Å². The van der Waals surface area contributed by atoms with Gasteiger partial charge >= 0.3 is 6.09 Å². The van der Waals surface area contributed by atoms with Crippen LogP contribution in [0.5, 0.6) is 0 Å². The maximum absolute atomic E-state index is 12.2. The zero-order chi connectivity index (χ0) is 13.7. The molecule has 0 aromatic heterocycles. The first-order chi connectivity index (χ1) is 9.27. The van der Waals surface area contributed by atoms with Gasteiger partial charge in [0.15, 0.2) is 6.23 Å². The fourth-order valence-corrected chi connectivity index (χ4v) is 2.02. The van der Waals surface area contributed by atoms with Crippen LogP contribution in [0, 0.1) is 0 Å². The predicted octanol–water partition coefficient (Wildman–Crippen LogP) is 3.43. The lowest BCUT2D eigenvalue weighted by Crippen LogP contribution is -2.42. The van der Waals surface area contributed by atoms with Crippen LogP contribution in [-0.4, -0.2) is 26.0 Å². The Kier molecular flexibility index (Phi) is 4.58. The van der Waals surface area contributed by atoms with E-state index in [0.717, 1.165) is 24.1 Å². The van der Waals surface area contributed by atoms with E-state index in [-0.39, 0.29) is 6.09 Å². The molecule has 1 aromatic carbocycles. The van der Waals surface area contributed by atoms with Gasteiger partial charge in [-0.15, -0.1) is 0 Å². The van der Waals surface area contributed by atoms with Crippen molar-refractivity contribution in [2.75, 3.05) is 18.6 Å². The molecule has 0 N–H and O–H groups in total. The number of para-hydroxylation sites is 1. The van der Waals surface area contributed by atoms with Gasteiger partial charge in [-0.2, -0.15) is 0 Å². The first-order valence-electron chi connectivity index (χ1n) is 6.54. The van der Waals surface area contributed by atoms with Gasteiger partial charge in [-0.1, -0.05) is 37.6 Å². The van der Waals surface area contributed by atoms with Gasteiger partial charge in [0.05, 0.1) is 12.3 Å². The number of unbranched alkanes of at least 4 members (excludes halogenated alkanes) is 1. The number of methoxy groups -OCH3 is 1. The van der Waals surface area contributed by atoms with E-state index in [9.17, 15) is 4.79 Å². The van der Waals surface area contributed by atoms with Crippen LogP contribution in [0.15, 0.2) is 30.3 Å². The predicted molar refractivity (Wildman–Crippen MR) is 75.0 cm³/mol. The average Bonchev–Trinajstić information content (AvgIpc) is 2.46. The van der Waals surface area contributed by atoms with Crippen molar-refractivity contribution in [2.24, 2.45) is 0 Å². The molecule has 1 aromatic rings. The minimum atomic E-state index is -0.413. The van der Waals surface area contributed by atoms with E-state index in [0.29, 0.717) is 6.61 Å². The Bertz CT molecular complexity index is 470. The molecular formula is C15H19NO3. The van der Waals surface area contributed by atoms with Gasteiger partial charge in [0, 0.05) is 7.11 Å². The highest BCUT2D eigenvalue weighted by Crippen LogP contribution is 2.29. The third-order valence-corrected chi connectivity index (χ3v) is 3.05. The average molecular weight is 261 g/mol. The quantitative estimate of drug-likeness (QED) is 0.779. The largest absolute Gasteiger partial charge is 0.449 e. The molecule has 1 atom stereocenters. The van der Waals surface area contributed by atoms with Crippen molar-refractivity contribution in [3.05, 3.63) is 35.9 Å². The van der Waals surface area contributed by atoms with E-state index < -0.39 is 6.23 Å². The molecule has 4 nitrogen and oxygen atoms in total. The van der Waals surface area contributed by atoms with E-state index in [2.05, 4.69) is 6.92 Å². The number of nitrogens with zero attached hydrogens (tertiary/aromatic N) is 1. The van der Waals surface area contributed by atoms with Crippen molar-refractivity contribution in [3.63, 3.8) is 0 Å². The van der Waals surface area contributed by atoms with E-state index in [1.54, 1.807) is 12.0 Å². The van der Waals surface area contributed by atoms with Crippen LogP contribution in [0.25, 0.3) is 6.08 Å². The molecule has 1 heterocycles. The number of hydrogen-bond acceptors (Lipinski definition) is 3. The van der Waals surface area contributed by atoms with Gasteiger partial charge in [0.2, 0.25) is 0 Å². The summed E-state index contributed by atoms with van der Waals surface area (Å²) in [5.41, 5.74) is 1.81. The van der Waals surface area contributed by atoms with Crippen LogP contribution < -0.4 is 4.90 Å². The number of fused-ring (bicyclic) bond motifs is 1. The Morgan fingerprint density at radius 3 is 2.89 bits per heavy atom. The Labute approximate surface area is 113 Å². The van der Waals surface area contributed by atoms with E-state index in [1.165, 1.54) is 0 Å². The van der Waals surface area contributed by atoms with Gasteiger partial charge in [0.1, 0.15) is 0 Å². The van der Waals surface area contributed by atoms with Crippen molar-refractivity contribution in [2.45, 2.75) is 26.0 Å². The summed E-state index contributed by atoms with van der Waals surface area (Å²) in [5.74, 6) is 0. The van der Waals surface area contributed by atoms with Gasteiger partial charge in [0.25, 0.3) is 0 Å². The molecule has 0 fully saturated rings. The summed E-state index contributed by atoms with van der Waals surface area (Å²) in [7, 11) is 1.58. The molecule has 1 aliphatic rings. The van der Waals surface area contributed by atoms with E-state index >= 15 is 0 Å². The molecule has 1 unspecified atom stereocenters. The van der Waals surface area contributed by atoms with Crippen molar-refractivity contribution in [3.8, 4) is 0 Å². The molecule has 1 aliphatic heterocycles.